The molecular formula is C13H21BrN2S. The molecule has 4 heteroatoms. The van der Waals surface area contributed by atoms with E-state index < -0.39 is 0 Å². The molecule has 1 atom stereocenters. The third kappa shape index (κ3) is 6.43. The van der Waals surface area contributed by atoms with Gasteiger partial charge in [0.25, 0.3) is 0 Å². The summed E-state index contributed by atoms with van der Waals surface area (Å²) in [4.78, 5) is 4.44. The van der Waals surface area contributed by atoms with Crippen molar-refractivity contribution in [3.63, 3.8) is 0 Å². The van der Waals surface area contributed by atoms with Gasteiger partial charge in [-0.15, -0.1) is 0 Å². The van der Waals surface area contributed by atoms with Crippen LogP contribution in [0.3, 0.4) is 0 Å². The predicted octanol–water partition coefficient (Wildman–Crippen LogP) is 3.51. The van der Waals surface area contributed by atoms with E-state index in [0.29, 0.717) is 6.04 Å². The van der Waals surface area contributed by atoms with Gasteiger partial charge >= 0.3 is 0 Å². The van der Waals surface area contributed by atoms with Gasteiger partial charge in [0.15, 0.2) is 0 Å². The van der Waals surface area contributed by atoms with Crippen LogP contribution in [-0.4, -0.2) is 29.6 Å². The molecule has 1 rings (SSSR count). The summed E-state index contributed by atoms with van der Waals surface area (Å²) in [5.74, 6) is 1.21. The highest BCUT2D eigenvalue weighted by molar-refractivity contribution is 9.10. The Morgan fingerprint density at radius 3 is 2.88 bits per heavy atom. The van der Waals surface area contributed by atoms with Crippen molar-refractivity contribution in [3.8, 4) is 0 Å². The fraction of sp³-hybridized carbons (Fsp3) is 0.615. The Hall–Kier alpha value is -0.0600. The molecule has 0 amide bonds. The number of thioether (sulfide) groups is 1. The second-order valence-electron chi connectivity index (χ2n) is 4.10. The number of aromatic nitrogens is 1. The van der Waals surface area contributed by atoms with Crippen LogP contribution in [0.25, 0.3) is 0 Å². The van der Waals surface area contributed by atoms with E-state index in [-0.39, 0.29) is 0 Å². The Morgan fingerprint density at radius 1 is 1.47 bits per heavy atom. The molecule has 0 aliphatic carbocycles. The van der Waals surface area contributed by atoms with Gasteiger partial charge in [-0.1, -0.05) is 6.92 Å². The van der Waals surface area contributed by atoms with E-state index in [1.165, 1.54) is 24.3 Å². The van der Waals surface area contributed by atoms with Gasteiger partial charge in [0.05, 0.1) is 0 Å². The number of nitrogens with zero attached hydrogens (tertiary/aromatic N) is 1. The number of rotatable bonds is 8. The van der Waals surface area contributed by atoms with Crippen LogP contribution in [0.4, 0.5) is 0 Å². The molecule has 96 valence electrons. The molecule has 1 aromatic heterocycles. The van der Waals surface area contributed by atoms with Crippen molar-refractivity contribution in [1.82, 2.24) is 10.3 Å². The minimum atomic E-state index is 0.552. The van der Waals surface area contributed by atoms with E-state index in [0.717, 1.165) is 17.4 Å². The summed E-state index contributed by atoms with van der Waals surface area (Å²) in [5.41, 5.74) is 1.17. The number of hydrogen-bond donors (Lipinski definition) is 1. The lowest BCUT2D eigenvalue weighted by molar-refractivity contribution is 0.493. The molecule has 0 aliphatic rings. The van der Waals surface area contributed by atoms with E-state index in [1.807, 2.05) is 18.0 Å². The zero-order valence-corrected chi connectivity index (χ0v) is 13.0. The number of halogens is 1. The van der Waals surface area contributed by atoms with Gasteiger partial charge < -0.3 is 5.32 Å². The molecule has 0 aromatic carbocycles. The number of nitrogens with one attached hydrogen (secondary N) is 1. The molecule has 0 saturated carbocycles. The highest BCUT2D eigenvalue weighted by Gasteiger charge is 2.09. The smallest absolute Gasteiger partial charge is 0.0419 e. The van der Waals surface area contributed by atoms with E-state index in [4.69, 9.17) is 0 Å². The van der Waals surface area contributed by atoms with E-state index in [1.54, 1.807) is 0 Å². The molecule has 2 nitrogen and oxygen atoms in total. The van der Waals surface area contributed by atoms with Crippen LogP contribution in [0.5, 0.6) is 0 Å². The lowest BCUT2D eigenvalue weighted by atomic mass is 10.1. The second-order valence-corrected chi connectivity index (χ2v) is 6.01. The molecule has 0 fully saturated rings. The molecule has 1 unspecified atom stereocenters. The average molecular weight is 317 g/mol. The van der Waals surface area contributed by atoms with Crippen molar-refractivity contribution >= 4 is 27.7 Å². The van der Waals surface area contributed by atoms with Crippen LogP contribution in [-0.2, 0) is 6.42 Å². The second kappa shape index (κ2) is 8.95. The Balaban J connectivity index is 2.48. The van der Waals surface area contributed by atoms with Crippen LogP contribution >= 0.6 is 27.7 Å². The summed E-state index contributed by atoms with van der Waals surface area (Å²) in [5, 5.41) is 3.60. The maximum Gasteiger partial charge on any atom is 0.0419 e. The fourth-order valence-electron chi connectivity index (χ4n) is 1.66. The van der Waals surface area contributed by atoms with Crippen molar-refractivity contribution in [2.24, 2.45) is 0 Å². The molecule has 0 spiro atoms. The van der Waals surface area contributed by atoms with E-state index in [2.05, 4.69) is 51.5 Å². The first-order valence-electron chi connectivity index (χ1n) is 6.09. The van der Waals surface area contributed by atoms with Crippen LogP contribution in [0.15, 0.2) is 22.8 Å². The van der Waals surface area contributed by atoms with Crippen molar-refractivity contribution in [2.75, 3.05) is 18.6 Å². The maximum atomic E-state index is 4.44. The molecule has 0 saturated heterocycles. The lowest BCUT2D eigenvalue weighted by Crippen LogP contribution is -2.32. The van der Waals surface area contributed by atoms with Crippen LogP contribution in [0.2, 0.25) is 0 Å². The summed E-state index contributed by atoms with van der Waals surface area (Å²) in [7, 11) is 0. The summed E-state index contributed by atoms with van der Waals surface area (Å²) in [6.45, 7) is 3.30. The number of hydrogen-bond acceptors (Lipinski definition) is 3. The molecule has 1 N–H and O–H groups in total. The predicted molar refractivity (Wildman–Crippen MR) is 80.7 cm³/mol. The molecule has 0 bridgehead atoms. The summed E-state index contributed by atoms with van der Waals surface area (Å²) in [6, 6.07) is 4.72. The summed E-state index contributed by atoms with van der Waals surface area (Å²) < 4.78 is 1.04. The van der Waals surface area contributed by atoms with Gasteiger partial charge in [-0.25, -0.2) is 0 Å². The zero-order valence-electron chi connectivity index (χ0n) is 10.6. The van der Waals surface area contributed by atoms with Gasteiger partial charge in [0.2, 0.25) is 0 Å². The van der Waals surface area contributed by atoms with E-state index in [9.17, 15) is 0 Å². The van der Waals surface area contributed by atoms with Crippen molar-refractivity contribution < 1.29 is 0 Å². The van der Waals surface area contributed by atoms with Crippen molar-refractivity contribution in [1.29, 1.82) is 0 Å². The molecule has 1 heterocycles. The number of pyridine rings is 1. The van der Waals surface area contributed by atoms with Gasteiger partial charge in [0.1, 0.15) is 0 Å². The van der Waals surface area contributed by atoms with Gasteiger partial charge in [-0.05, 0) is 59.5 Å². The first kappa shape index (κ1) is 15.0. The lowest BCUT2D eigenvalue weighted by Gasteiger charge is -2.17. The highest BCUT2D eigenvalue weighted by Crippen LogP contribution is 2.11. The molecular weight excluding hydrogens is 296 g/mol. The largest absolute Gasteiger partial charge is 0.314 e. The Labute approximate surface area is 117 Å². The topological polar surface area (TPSA) is 24.9 Å². The highest BCUT2D eigenvalue weighted by atomic mass is 79.9. The Morgan fingerprint density at radius 2 is 2.29 bits per heavy atom. The Bertz CT molecular complexity index is 295. The molecule has 0 aliphatic heterocycles. The average Bonchev–Trinajstić information content (AvgIpc) is 2.35. The van der Waals surface area contributed by atoms with Crippen LogP contribution < -0.4 is 5.32 Å². The van der Waals surface area contributed by atoms with E-state index >= 15 is 0 Å². The standard InChI is InChI=1S/C13H21BrN2S/c1-3-7-15-13(6-8-17-2)9-12-5-4-11(14)10-16-12/h4-5,10,13,15H,3,6-9H2,1-2H3. The quantitative estimate of drug-likeness (QED) is 0.794. The first-order chi connectivity index (χ1) is 8.26. The molecule has 0 radical (unpaired) electrons. The normalized spacial score (nSPS) is 12.6. The zero-order chi connectivity index (χ0) is 12.5. The summed E-state index contributed by atoms with van der Waals surface area (Å²) in [6.07, 6.45) is 7.45. The first-order valence-corrected chi connectivity index (χ1v) is 8.27. The van der Waals surface area contributed by atoms with Gasteiger partial charge in [-0.3, -0.25) is 4.98 Å². The summed E-state index contributed by atoms with van der Waals surface area (Å²) >= 11 is 5.32. The minimum Gasteiger partial charge on any atom is -0.314 e. The van der Waals surface area contributed by atoms with Crippen molar-refractivity contribution in [2.45, 2.75) is 32.2 Å². The fourth-order valence-corrected chi connectivity index (χ4v) is 2.42. The third-order valence-corrected chi connectivity index (χ3v) is 3.71. The molecule has 17 heavy (non-hydrogen) atoms. The maximum absolute atomic E-state index is 4.44. The van der Waals surface area contributed by atoms with Crippen LogP contribution in [0.1, 0.15) is 25.5 Å². The SMILES string of the molecule is CCCNC(CCSC)Cc1ccc(Br)cn1. The monoisotopic (exact) mass is 316 g/mol. The van der Waals surface area contributed by atoms with Crippen molar-refractivity contribution in [3.05, 3.63) is 28.5 Å². The Kier molecular flexibility index (Phi) is 7.90. The molecule has 1 aromatic rings. The van der Waals surface area contributed by atoms with Gasteiger partial charge in [-0.2, -0.15) is 11.8 Å². The van der Waals surface area contributed by atoms with Gasteiger partial charge in [0, 0.05) is 28.8 Å². The van der Waals surface area contributed by atoms with Crippen LogP contribution in [0, 0.1) is 0 Å². The third-order valence-electron chi connectivity index (χ3n) is 2.60. The minimum absolute atomic E-state index is 0.552.